The number of aliphatic imine (C=N–C) groups is 2. The standard InChI is InChI=1S/C15H8Cl3N5S/c16-10-3-1-9(2-4-10)7-21-11(5-19)12(6-20)22-8-13-14(17)23-15(18)24-13/h1-4,7,11H,8H2/t11-/m0/s1. The number of hydrogen-bond acceptors (Lipinski definition) is 6. The Kier molecular flexibility index (Phi) is 6.72. The molecule has 0 unspecified atom stereocenters. The molecular formula is C15H8Cl3N5S. The van der Waals surface area contributed by atoms with E-state index in [2.05, 4.69) is 15.0 Å². The Morgan fingerprint density at radius 2 is 1.96 bits per heavy atom. The fourth-order valence-corrected chi connectivity index (χ4v) is 3.06. The highest BCUT2D eigenvalue weighted by molar-refractivity contribution is 7.16. The highest BCUT2D eigenvalue weighted by atomic mass is 35.5. The molecule has 0 saturated heterocycles. The zero-order chi connectivity index (χ0) is 17.5. The minimum atomic E-state index is -1.01. The number of nitriles is 2. The van der Waals surface area contributed by atoms with Gasteiger partial charge >= 0.3 is 0 Å². The summed E-state index contributed by atoms with van der Waals surface area (Å²) in [7, 11) is 0. The summed E-state index contributed by atoms with van der Waals surface area (Å²) in [5.74, 6) is 0. The molecular weight excluding hydrogens is 389 g/mol. The van der Waals surface area contributed by atoms with Crippen molar-refractivity contribution < 1.29 is 0 Å². The molecule has 0 spiro atoms. The average Bonchev–Trinajstić information content (AvgIpc) is 2.89. The van der Waals surface area contributed by atoms with Crippen molar-refractivity contribution in [2.75, 3.05) is 0 Å². The molecule has 9 heteroatoms. The van der Waals surface area contributed by atoms with Gasteiger partial charge in [-0.3, -0.25) is 9.98 Å². The largest absolute Gasteiger partial charge is 0.270 e. The van der Waals surface area contributed by atoms with Gasteiger partial charge in [-0.1, -0.05) is 46.9 Å². The molecule has 24 heavy (non-hydrogen) atoms. The Morgan fingerprint density at radius 1 is 1.25 bits per heavy atom. The van der Waals surface area contributed by atoms with Crippen LogP contribution >= 0.6 is 46.1 Å². The molecule has 0 bridgehead atoms. The monoisotopic (exact) mass is 395 g/mol. The lowest BCUT2D eigenvalue weighted by Crippen LogP contribution is -2.15. The fourth-order valence-electron chi connectivity index (χ4n) is 1.62. The molecule has 1 aromatic heterocycles. The van der Waals surface area contributed by atoms with Gasteiger partial charge in [0.25, 0.3) is 0 Å². The molecule has 0 radical (unpaired) electrons. The van der Waals surface area contributed by atoms with Gasteiger partial charge in [0.1, 0.15) is 11.2 Å². The number of hydrogen-bond donors (Lipinski definition) is 0. The van der Waals surface area contributed by atoms with Crippen molar-refractivity contribution in [1.82, 2.24) is 4.98 Å². The van der Waals surface area contributed by atoms with E-state index in [1.807, 2.05) is 12.1 Å². The lowest BCUT2D eigenvalue weighted by Gasteiger charge is -2.01. The van der Waals surface area contributed by atoms with Gasteiger partial charge in [0.05, 0.1) is 17.5 Å². The van der Waals surface area contributed by atoms with E-state index in [4.69, 9.17) is 34.8 Å². The van der Waals surface area contributed by atoms with Gasteiger partial charge in [0.2, 0.25) is 0 Å². The fraction of sp³-hybridized carbons (Fsp3) is 0.133. The summed E-state index contributed by atoms with van der Waals surface area (Å²) in [5.41, 5.74) is 0.748. The predicted molar refractivity (Wildman–Crippen MR) is 97.3 cm³/mol. The van der Waals surface area contributed by atoms with Crippen molar-refractivity contribution in [3.8, 4) is 12.1 Å². The van der Waals surface area contributed by atoms with Gasteiger partial charge in [-0.2, -0.15) is 10.5 Å². The van der Waals surface area contributed by atoms with Crippen molar-refractivity contribution in [3.63, 3.8) is 0 Å². The third-order valence-electron chi connectivity index (χ3n) is 2.76. The van der Waals surface area contributed by atoms with Gasteiger partial charge in [0.15, 0.2) is 16.2 Å². The van der Waals surface area contributed by atoms with E-state index in [-0.39, 0.29) is 17.4 Å². The van der Waals surface area contributed by atoms with Crippen molar-refractivity contribution >= 4 is 58.1 Å². The van der Waals surface area contributed by atoms with Crippen LogP contribution in [0.25, 0.3) is 0 Å². The third kappa shape index (κ3) is 5.02. The van der Waals surface area contributed by atoms with Gasteiger partial charge in [-0.25, -0.2) is 4.98 Å². The van der Waals surface area contributed by atoms with E-state index in [1.165, 1.54) is 17.6 Å². The maximum Gasteiger partial charge on any atom is 0.187 e. The van der Waals surface area contributed by atoms with E-state index in [0.29, 0.717) is 14.4 Å². The molecule has 1 heterocycles. The summed E-state index contributed by atoms with van der Waals surface area (Å²) in [5, 5.41) is 19.3. The molecule has 0 fully saturated rings. The SMILES string of the molecule is N#CC(=NCc1sc(Cl)nc1Cl)[C@H](C#N)N=Cc1ccc(Cl)cc1. The molecule has 5 nitrogen and oxygen atoms in total. The van der Waals surface area contributed by atoms with Crippen molar-refractivity contribution in [2.24, 2.45) is 9.98 Å². The van der Waals surface area contributed by atoms with Crippen molar-refractivity contribution in [3.05, 3.63) is 49.3 Å². The lowest BCUT2D eigenvalue weighted by atomic mass is 10.2. The van der Waals surface area contributed by atoms with Crippen LogP contribution in [0.4, 0.5) is 0 Å². The number of nitrogens with zero attached hydrogens (tertiary/aromatic N) is 5. The summed E-state index contributed by atoms with van der Waals surface area (Å²) in [6.45, 7) is 0.112. The maximum absolute atomic E-state index is 9.23. The summed E-state index contributed by atoms with van der Waals surface area (Å²) < 4.78 is 0.293. The number of benzene rings is 1. The lowest BCUT2D eigenvalue weighted by molar-refractivity contribution is 1.03. The molecule has 2 aromatic rings. The van der Waals surface area contributed by atoms with Gasteiger partial charge in [0, 0.05) is 11.2 Å². The average molecular weight is 397 g/mol. The second-order valence-corrected chi connectivity index (χ2v) is 6.82. The van der Waals surface area contributed by atoms with Crippen LogP contribution in [-0.4, -0.2) is 23.0 Å². The Bertz CT molecular complexity index is 859. The maximum atomic E-state index is 9.23. The molecule has 0 saturated carbocycles. The van der Waals surface area contributed by atoms with Crippen molar-refractivity contribution in [1.29, 1.82) is 10.5 Å². The molecule has 0 aliphatic rings. The Labute approximate surface area is 157 Å². The van der Waals surface area contributed by atoms with Crippen LogP contribution in [0.2, 0.25) is 14.6 Å². The molecule has 120 valence electrons. The first-order valence-electron chi connectivity index (χ1n) is 6.47. The Balaban J connectivity index is 2.16. The summed E-state index contributed by atoms with van der Waals surface area (Å²) in [6.07, 6.45) is 1.49. The first-order chi connectivity index (χ1) is 11.5. The molecule has 0 N–H and O–H groups in total. The molecule has 1 atom stereocenters. The van der Waals surface area contributed by atoms with Gasteiger partial charge < -0.3 is 0 Å². The van der Waals surface area contributed by atoms with E-state index in [1.54, 1.807) is 24.3 Å². The third-order valence-corrected chi connectivity index (χ3v) is 4.58. The number of thiazole rings is 1. The molecule has 2 rings (SSSR count). The van der Waals surface area contributed by atoms with Gasteiger partial charge in [-0.15, -0.1) is 11.3 Å². The first kappa shape index (κ1) is 18.4. The quantitative estimate of drug-likeness (QED) is 0.693. The van der Waals surface area contributed by atoms with Crippen LogP contribution in [0.5, 0.6) is 0 Å². The van der Waals surface area contributed by atoms with Crippen LogP contribution in [0.15, 0.2) is 34.3 Å². The van der Waals surface area contributed by atoms with E-state index in [9.17, 15) is 10.5 Å². The topological polar surface area (TPSA) is 85.2 Å². The summed E-state index contributed by atoms with van der Waals surface area (Å²) >= 11 is 18.6. The van der Waals surface area contributed by atoms with Crippen LogP contribution in [0, 0.1) is 22.7 Å². The molecule has 0 aliphatic heterocycles. The normalized spacial score (nSPS) is 12.8. The van der Waals surface area contributed by atoms with Crippen LogP contribution < -0.4 is 0 Å². The summed E-state index contributed by atoms with van der Waals surface area (Å²) in [4.78, 5) is 12.7. The van der Waals surface area contributed by atoms with Gasteiger partial charge in [-0.05, 0) is 17.7 Å². The number of aromatic nitrogens is 1. The number of halogens is 3. The predicted octanol–water partition coefficient (Wildman–Crippen LogP) is 4.58. The second kappa shape index (κ2) is 8.77. The van der Waals surface area contributed by atoms with Crippen LogP contribution in [0.1, 0.15) is 10.4 Å². The Hall–Kier alpha value is -1.96. The highest BCUT2D eigenvalue weighted by Gasteiger charge is 2.14. The van der Waals surface area contributed by atoms with Crippen molar-refractivity contribution in [2.45, 2.75) is 12.6 Å². The smallest absolute Gasteiger partial charge is 0.187 e. The Morgan fingerprint density at radius 3 is 2.50 bits per heavy atom. The second-order valence-electron chi connectivity index (χ2n) is 4.36. The minimum Gasteiger partial charge on any atom is -0.270 e. The zero-order valence-corrected chi connectivity index (χ0v) is 15.0. The molecule has 1 aromatic carbocycles. The first-order valence-corrected chi connectivity index (χ1v) is 8.42. The highest BCUT2D eigenvalue weighted by Crippen LogP contribution is 2.27. The van der Waals surface area contributed by atoms with Crippen LogP contribution in [-0.2, 0) is 6.54 Å². The molecule has 0 amide bonds. The number of rotatable bonds is 5. The summed E-state index contributed by atoms with van der Waals surface area (Å²) in [6, 6.07) is 9.75. The molecule has 0 aliphatic carbocycles. The zero-order valence-electron chi connectivity index (χ0n) is 11.9. The van der Waals surface area contributed by atoms with E-state index < -0.39 is 6.04 Å². The van der Waals surface area contributed by atoms with E-state index >= 15 is 0 Å². The van der Waals surface area contributed by atoms with Crippen LogP contribution in [0.3, 0.4) is 0 Å². The van der Waals surface area contributed by atoms with E-state index in [0.717, 1.165) is 5.56 Å². The minimum absolute atomic E-state index is 0.0108.